The van der Waals surface area contributed by atoms with Crippen LogP contribution in [0.2, 0.25) is 0 Å². The van der Waals surface area contributed by atoms with E-state index in [1.54, 1.807) is 6.07 Å². The minimum absolute atomic E-state index is 0.00704. The molecule has 1 atom stereocenters. The highest BCUT2D eigenvalue weighted by molar-refractivity contribution is 7.15. The Morgan fingerprint density at radius 3 is 2.90 bits per heavy atom. The van der Waals surface area contributed by atoms with Gasteiger partial charge in [0, 0.05) is 5.56 Å². The Balaban J connectivity index is 2.98. The van der Waals surface area contributed by atoms with Crippen LogP contribution in [0.15, 0.2) is 27.0 Å². The summed E-state index contributed by atoms with van der Waals surface area (Å²) in [6.07, 6.45) is 3.00. The van der Waals surface area contributed by atoms with E-state index in [0.717, 1.165) is 0 Å². The number of hydrogen-bond donors (Lipinski definition) is 0. The summed E-state index contributed by atoms with van der Waals surface area (Å²) >= 11 is 11.1. The van der Waals surface area contributed by atoms with E-state index in [2.05, 4.69) is 0 Å². The van der Waals surface area contributed by atoms with Crippen molar-refractivity contribution >= 4 is 31.9 Å². The summed E-state index contributed by atoms with van der Waals surface area (Å²) in [5, 5.41) is 0. The molecule has 0 N–H and O–H groups in total. The zero-order valence-electron chi connectivity index (χ0n) is 4.88. The molecule has 1 rings (SSSR count). The van der Waals surface area contributed by atoms with Gasteiger partial charge in [-0.2, -0.15) is 0 Å². The second-order valence-corrected chi connectivity index (χ2v) is 3.27. The van der Waals surface area contributed by atoms with E-state index < -0.39 is 4.84 Å². The van der Waals surface area contributed by atoms with Crippen LogP contribution >= 0.6 is 31.9 Å². The van der Waals surface area contributed by atoms with E-state index in [-0.39, 0.29) is 8.67 Å². The van der Waals surface area contributed by atoms with Gasteiger partial charge in [-0.15, -0.1) is 0 Å². The van der Waals surface area contributed by atoms with Crippen molar-refractivity contribution in [2.45, 2.75) is 4.84 Å². The van der Waals surface area contributed by atoms with Gasteiger partial charge in [0.2, 0.25) is 0 Å². The monoisotopic (exact) mass is 198 g/mol. The number of hydrogen-bond acceptors (Lipinski definition) is 2. The molecule has 10 heavy (non-hydrogen) atoms. The quantitative estimate of drug-likeness (QED) is 0.646. The second-order valence-electron chi connectivity index (χ2n) is 1.54. The molecule has 5 heteroatoms. The highest BCUT2D eigenvalue weighted by Crippen LogP contribution is 2.23. The van der Waals surface area contributed by atoms with E-state index >= 15 is 0 Å². The first kappa shape index (κ1) is 8.06. The lowest BCUT2D eigenvalue weighted by Gasteiger charge is -1.92. The second kappa shape index (κ2) is 3.97. The highest BCUT2D eigenvalue weighted by Gasteiger charge is 2.00. The van der Waals surface area contributed by atoms with Crippen LogP contribution in [0.25, 0.3) is 0 Å². The Morgan fingerprint density at radius 2 is 2.20 bits per heavy atom. The molecule has 0 aliphatic carbocycles. The van der Waals surface area contributed by atoms with E-state index in [1.165, 1.54) is 12.5 Å². The molecule has 0 saturated heterocycles. The van der Waals surface area contributed by atoms with E-state index in [9.17, 15) is 0 Å². The van der Waals surface area contributed by atoms with Gasteiger partial charge in [0.25, 0.3) is 0 Å². The maximum Gasteiger partial charge on any atom is 0.200 e. The van der Waals surface area contributed by atoms with Gasteiger partial charge in [-0.3, -0.25) is 0 Å². The highest BCUT2D eigenvalue weighted by atomic mass is 35.5. The molecule has 2 nitrogen and oxygen atoms in total. The van der Waals surface area contributed by atoms with E-state index in [1.807, 2.05) is 0 Å². The topological polar surface area (TPSA) is 26.3 Å². The van der Waals surface area contributed by atoms with Crippen molar-refractivity contribution < 1.29 is 8.39 Å². The number of alkyl halides is 2. The van der Waals surface area contributed by atoms with Gasteiger partial charge >= 0.3 is 0 Å². The van der Waals surface area contributed by atoms with Gasteiger partial charge in [0.1, 0.15) is 11.1 Å². The normalized spacial score (nSPS) is 10.7. The number of halogens is 2. The minimum atomic E-state index is -0.553. The van der Waals surface area contributed by atoms with Crippen LogP contribution in [-0.2, 0) is 0 Å². The number of rotatable bonds is 1. The summed E-state index contributed by atoms with van der Waals surface area (Å²) in [4.78, 5) is -0.553. The third-order valence-corrected chi connectivity index (χ3v) is 1.82. The van der Waals surface area contributed by atoms with Crippen molar-refractivity contribution in [2.75, 3.05) is 0 Å². The summed E-state index contributed by atoms with van der Waals surface area (Å²) in [7, 11) is -0.00704. The Bertz CT molecular complexity index is 205. The largest absolute Gasteiger partial charge is 0.430 e. The first-order valence-corrected chi connectivity index (χ1v) is 4.20. The fourth-order valence-electron chi connectivity index (χ4n) is 0.424. The molecule has 1 heterocycles. The summed E-state index contributed by atoms with van der Waals surface area (Å²) < 4.78 is 9.71. The van der Waals surface area contributed by atoms with Gasteiger partial charge in [-0.25, -0.2) is 0 Å². The van der Waals surface area contributed by atoms with Crippen molar-refractivity contribution in [3.05, 3.63) is 24.2 Å². The first-order chi connectivity index (χ1) is 4.80. The molecule has 0 radical (unpaired) electrons. The first-order valence-electron chi connectivity index (χ1n) is 2.52. The summed E-state index contributed by atoms with van der Waals surface area (Å²) in [6.45, 7) is 0. The molecule has 1 unspecified atom stereocenters. The summed E-state index contributed by atoms with van der Waals surface area (Å²) in [5.41, 5.74) is 0.702. The van der Waals surface area contributed by atoms with Crippen molar-refractivity contribution in [2.24, 2.45) is 0 Å². The van der Waals surface area contributed by atoms with Gasteiger partial charge in [0.05, 0.1) is 6.26 Å². The summed E-state index contributed by atoms with van der Waals surface area (Å²) in [5.74, 6) is 0. The molecule has 0 saturated carbocycles. The molecule has 1 aromatic rings. The van der Waals surface area contributed by atoms with Gasteiger partial charge in [-0.05, 0) is 6.07 Å². The van der Waals surface area contributed by atoms with Crippen molar-refractivity contribution in [1.29, 1.82) is 0 Å². The average molecular weight is 199 g/mol. The smallest absolute Gasteiger partial charge is 0.200 e. The molecule has 1 aromatic heterocycles. The van der Waals surface area contributed by atoms with Crippen LogP contribution in [0.1, 0.15) is 10.4 Å². The lowest BCUT2D eigenvalue weighted by molar-refractivity contribution is 0.607. The average Bonchev–Trinajstić information content (AvgIpc) is 2.12. The van der Waals surface area contributed by atoms with Crippen LogP contribution in [0.4, 0.5) is 0 Å². The fraction of sp³-hybridized carbons (Fsp3) is 0.200. The van der Waals surface area contributed by atoms with Crippen molar-refractivity contribution in [3.8, 4) is 0 Å². The van der Waals surface area contributed by atoms with Gasteiger partial charge in [0.15, 0.2) is 8.67 Å². The lowest BCUT2D eigenvalue weighted by atomic mass is 10.4. The van der Waals surface area contributed by atoms with Crippen molar-refractivity contribution in [3.63, 3.8) is 0 Å². The van der Waals surface area contributed by atoms with E-state index in [0.29, 0.717) is 5.56 Å². The molecule has 0 spiro atoms. The van der Waals surface area contributed by atoms with Crippen LogP contribution in [0.5, 0.6) is 0 Å². The van der Waals surface area contributed by atoms with Gasteiger partial charge < -0.3 is 8.39 Å². The third kappa shape index (κ3) is 2.30. The molecule has 0 aliphatic heterocycles. The molecule has 0 bridgehead atoms. The maximum atomic E-state index is 5.54. The Morgan fingerprint density at radius 1 is 1.40 bits per heavy atom. The predicted molar refractivity (Wildman–Crippen MR) is 42.6 cm³/mol. The zero-order valence-corrected chi connectivity index (χ0v) is 7.39. The fourth-order valence-corrected chi connectivity index (χ4v) is 1.04. The van der Waals surface area contributed by atoms with Crippen LogP contribution in [0, 0.1) is 0 Å². The zero-order chi connectivity index (χ0) is 7.40. The lowest BCUT2D eigenvalue weighted by Crippen LogP contribution is -1.73. The third-order valence-electron chi connectivity index (χ3n) is 0.872. The summed E-state index contributed by atoms with van der Waals surface area (Å²) in [6, 6.07) is 1.67. The Kier molecular flexibility index (Phi) is 3.20. The van der Waals surface area contributed by atoms with Gasteiger partial charge in [-0.1, -0.05) is 23.2 Å². The molecule has 0 aliphatic rings. The molecule has 56 valence electrons. The molecular formula is C5H5Cl2O2P. The maximum absolute atomic E-state index is 5.54. The van der Waals surface area contributed by atoms with Crippen LogP contribution < -0.4 is 0 Å². The minimum Gasteiger partial charge on any atom is -0.430 e. The SMILES string of the molecule is ClC(Cl)c1cco[pH]oc1. The Labute approximate surface area is 69.7 Å². The molecule has 0 amide bonds. The Hall–Kier alpha value is -0.0400. The van der Waals surface area contributed by atoms with Crippen LogP contribution in [-0.4, -0.2) is 0 Å². The van der Waals surface area contributed by atoms with Crippen LogP contribution in [0.3, 0.4) is 0 Å². The van der Waals surface area contributed by atoms with E-state index in [4.69, 9.17) is 31.6 Å². The molecule has 0 aromatic carbocycles. The molecule has 0 fully saturated rings. The standard InChI is InChI=1S/C5H5Cl2O2P/c6-5(7)4-1-2-8-10-9-3-4/h1-3,5,10H. The van der Waals surface area contributed by atoms with Crippen molar-refractivity contribution in [1.82, 2.24) is 0 Å². The predicted octanol–water partition coefficient (Wildman–Crippen LogP) is 3.50. The molecular weight excluding hydrogens is 194 g/mol.